The molecule has 2 amide bonds. The molecule has 0 spiro atoms. The normalized spacial score (nSPS) is 18.4. The van der Waals surface area contributed by atoms with E-state index < -0.39 is 6.10 Å². The van der Waals surface area contributed by atoms with E-state index in [9.17, 15) is 9.59 Å². The Morgan fingerprint density at radius 3 is 2.78 bits per heavy atom. The van der Waals surface area contributed by atoms with Crippen molar-refractivity contribution in [3.63, 3.8) is 0 Å². The van der Waals surface area contributed by atoms with Gasteiger partial charge in [0.05, 0.1) is 19.3 Å². The first-order valence-corrected chi connectivity index (χ1v) is 8.40. The van der Waals surface area contributed by atoms with E-state index in [0.717, 1.165) is 23.9 Å². The van der Waals surface area contributed by atoms with E-state index >= 15 is 0 Å². The van der Waals surface area contributed by atoms with E-state index in [1.54, 1.807) is 19.1 Å². The number of benzene rings is 1. The van der Waals surface area contributed by atoms with Crippen LogP contribution < -0.4 is 10.6 Å². The summed E-state index contributed by atoms with van der Waals surface area (Å²) in [6, 6.07) is 7.21. The van der Waals surface area contributed by atoms with Crippen molar-refractivity contribution in [2.24, 2.45) is 0 Å². The minimum Gasteiger partial charge on any atom is -0.376 e. The van der Waals surface area contributed by atoms with Crippen LogP contribution in [0.25, 0.3) is 0 Å². The average Bonchev–Trinajstić information content (AvgIpc) is 3.06. The Morgan fingerprint density at radius 1 is 1.39 bits per heavy atom. The second-order valence-corrected chi connectivity index (χ2v) is 6.30. The standard InChI is InChI=1S/C16H21BrN2O4/c1-11(23-10-14-3-2-8-22-14)16(21)18-9-15(20)19-13-6-4-12(17)5-7-13/h4-7,11,14H,2-3,8-10H2,1H3,(H,18,21)(H,19,20). The lowest BCUT2D eigenvalue weighted by atomic mass is 10.2. The summed E-state index contributed by atoms with van der Waals surface area (Å²) < 4.78 is 11.8. The smallest absolute Gasteiger partial charge is 0.249 e. The number of hydrogen-bond acceptors (Lipinski definition) is 4. The summed E-state index contributed by atoms with van der Waals surface area (Å²) in [5.41, 5.74) is 0.676. The van der Waals surface area contributed by atoms with E-state index in [2.05, 4.69) is 26.6 Å². The summed E-state index contributed by atoms with van der Waals surface area (Å²) in [7, 11) is 0. The molecular formula is C16H21BrN2O4. The minimum absolute atomic E-state index is 0.0750. The Morgan fingerprint density at radius 2 is 2.13 bits per heavy atom. The highest BCUT2D eigenvalue weighted by Gasteiger charge is 2.20. The molecule has 2 unspecified atom stereocenters. The van der Waals surface area contributed by atoms with Crippen molar-refractivity contribution in [1.29, 1.82) is 0 Å². The van der Waals surface area contributed by atoms with Gasteiger partial charge in [0.1, 0.15) is 6.10 Å². The predicted molar refractivity (Wildman–Crippen MR) is 90.2 cm³/mol. The molecule has 1 heterocycles. The Bertz CT molecular complexity index is 529. The second-order valence-electron chi connectivity index (χ2n) is 5.38. The molecule has 126 valence electrons. The van der Waals surface area contributed by atoms with Crippen molar-refractivity contribution in [2.45, 2.75) is 32.0 Å². The zero-order chi connectivity index (χ0) is 16.7. The Labute approximate surface area is 144 Å². The third kappa shape index (κ3) is 6.29. The average molecular weight is 385 g/mol. The molecule has 2 N–H and O–H groups in total. The van der Waals surface area contributed by atoms with Crippen molar-refractivity contribution in [3.05, 3.63) is 28.7 Å². The lowest BCUT2D eigenvalue weighted by Gasteiger charge is -2.16. The van der Waals surface area contributed by atoms with Crippen LogP contribution in [-0.2, 0) is 19.1 Å². The number of ether oxygens (including phenoxy) is 2. The van der Waals surface area contributed by atoms with Crippen LogP contribution in [0.5, 0.6) is 0 Å². The van der Waals surface area contributed by atoms with Gasteiger partial charge in [-0.25, -0.2) is 0 Å². The van der Waals surface area contributed by atoms with Gasteiger partial charge >= 0.3 is 0 Å². The van der Waals surface area contributed by atoms with Gasteiger partial charge in [-0.3, -0.25) is 9.59 Å². The molecule has 1 aliphatic heterocycles. The van der Waals surface area contributed by atoms with E-state index in [1.807, 2.05) is 12.1 Å². The van der Waals surface area contributed by atoms with E-state index in [4.69, 9.17) is 9.47 Å². The molecule has 1 aromatic rings. The first kappa shape index (κ1) is 17.9. The van der Waals surface area contributed by atoms with Gasteiger partial charge in [0.15, 0.2) is 0 Å². The van der Waals surface area contributed by atoms with Crippen molar-refractivity contribution in [2.75, 3.05) is 25.1 Å². The number of hydrogen-bond donors (Lipinski definition) is 2. The first-order chi connectivity index (χ1) is 11.0. The van der Waals surface area contributed by atoms with Crippen LogP contribution in [0.4, 0.5) is 5.69 Å². The molecule has 1 saturated heterocycles. The van der Waals surface area contributed by atoms with Gasteiger partial charge in [-0.15, -0.1) is 0 Å². The highest BCUT2D eigenvalue weighted by atomic mass is 79.9. The third-order valence-corrected chi connectivity index (χ3v) is 4.01. The SMILES string of the molecule is CC(OCC1CCCO1)C(=O)NCC(=O)Nc1ccc(Br)cc1. The third-order valence-electron chi connectivity index (χ3n) is 3.48. The van der Waals surface area contributed by atoms with Crippen LogP contribution in [0.15, 0.2) is 28.7 Å². The van der Waals surface area contributed by atoms with Crippen LogP contribution in [0.3, 0.4) is 0 Å². The van der Waals surface area contributed by atoms with Gasteiger partial charge in [-0.1, -0.05) is 15.9 Å². The fraction of sp³-hybridized carbons (Fsp3) is 0.500. The number of carbonyl (C=O) groups excluding carboxylic acids is 2. The van der Waals surface area contributed by atoms with Crippen molar-refractivity contribution < 1.29 is 19.1 Å². The number of amides is 2. The summed E-state index contributed by atoms with van der Waals surface area (Å²) >= 11 is 3.32. The van der Waals surface area contributed by atoms with Gasteiger partial charge < -0.3 is 20.1 Å². The molecule has 1 aromatic carbocycles. The second kappa shape index (κ2) is 9.00. The highest BCUT2D eigenvalue weighted by molar-refractivity contribution is 9.10. The molecule has 23 heavy (non-hydrogen) atoms. The number of halogens is 1. The molecule has 0 radical (unpaired) electrons. The molecule has 0 aliphatic carbocycles. The largest absolute Gasteiger partial charge is 0.376 e. The van der Waals surface area contributed by atoms with E-state index in [-0.39, 0.29) is 24.5 Å². The maximum atomic E-state index is 11.9. The molecule has 0 bridgehead atoms. The lowest BCUT2D eigenvalue weighted by molar-refractivity contribution is -0.135. The van der Waals surface area contributed by atoms with Gasteiger partial charge in [0.25, 0.3) is 0 Å². The van der Waals surface area contributed by atoms with Gasteiger partial charge in [0.2, 0.25) is 11.8 Å². The molecule has 0 aromatic heterocycles. The molecule has 2 atom stereocenters. The lowest BCUT2D eigenvalue weighted by Crippen LogP contribution is -2.40. The molecule has 6 nitrogen and oxygen atoms in total. The molecule has 1 fully saturated rings. The summed E-state index contributed by atoms with van der Waals surface area (Å²) in [5.74, 6) is -0.596. The number of carbonyl (C=O) groups is 2. The molecule has 2 rings (SSSR count). The van der Waals surface area contributed by atoms with Gasteiger partial charge in [-0.05, 0) is 44.0 Å². The molecule has 1 aliphatic rings. The van der Waals surface area contributed by atoms with E-state index in [0.29, 0.717) is 12.3 Å². The minimum atomic E-state index is -0.611. The number of rotatable bonds is 7. The maximum Gasteiger partial charge on any atom is 0.249 e. The Kier molecular flexibility index (Phi) is 7.01. The number of nitrogens with one attached hydrogen (secondary N) is 2. The molecule has 7 heteroatoms. The maximum absolute atomic E-state index is 11.9. The zero-order valence-electron chi connectivity index (χ0n) is 13.0. The summed E-state index contributed by atoms with van der Waals surface area (Å²) in [4.78, 5) is 23.7. The van der Waals surface area contributed by atoms with Crippen LogP contribution in [0.1, 0.15) is 19.8 Å². The molecular weight excluding hydrogens is 364 g/mol. The predicted octanol–water partition coefficient (Wildman–Crippen LogP) is 2.09. The fourth-order valence-corrected chi connectivity index (χ4v) is 2.42. The Hall–Kier alpha value is -1.44. The first-order valence-electron chi connectivity index (χ1n) is 7.61. The van der Waals surface area contributed by atoms with Crippen molar-refractivity contribution in [3.8, 4) is 0 Å². The molecule has 0 saturated carbocycles. The van der Waals surface area contributed by atoms with Crippen LogP contribution in [0, 0.1) is 0 Å². The van der Waals surface area contributed by atoms with Crippen molar-refractivity contribution in [1.82, 2.24) is 5.32 Å². The Balaban J connectivity index is 1.66. The summed E-state index contributed by atoms with van der Waals surface area (Å²) in [6.07, 6.45) is 1.46. The number of anilines is 1. The topological polar surface area (TPSA) is 76.7 Å². The van der Waals surface area contributed by atoms with Crippen LogP contribution >= 0.6 is 15.9 Å². The van der Waals surface area contributed by atoms with E-state index in [1.165, 1.54) is 0 Å². The van der Waals surface area contributed by atoms with Crippen LogP contribution in [0.2, 0.25) is 0 Å². The summed E-state index contributed by atoms with van der Waals surface area (Å²) in [5, 5.41) is 5.27. The monoisotopic (exact) mass is 384 g/mol. The zero-order valence-corrected chi connectivity index (χ0v) is 14.6. The quantitative estimate of drug-likeness (QED) is 0.754. The fourth-order valence-electron chi connectivity index (χ4n) is 2.15. The van der Waals surface area contributed by atoms with Crippen LogP contribution in [-0.4, -0.2) is 43.8 Å². The van der Waals surface area contributed by atoms with Gasteiger partial charge in [-0.2, -0.15) is 0 Å². The summed E-state index contributed by atoms with van der Waals surface area (Å²) in [6.45, 7) is 2.73. The van der Waals surface area contributed by atoms with Crippen molar-refractivity contribution >= 4 is 33.4 Å². The highest BCUT2D eigenvalue weighted by Crippen LogP contribution is 2.14. The van der Waals surface area contributed by atoms with Gasteiger partial charge in [0, 0.05) is 16.8 Å².